The molecule has 0 saturated heterocycles. The van der Waals surface area contributed by atoms with Crippen LogP contribution in [0.25, 0.3) is 27.4 Å². The second kappa shape index (κ2) is 6.23. The summed E-state index contributed by atoms with van der Waals surface area (Å²) in [5.41, 5.74) is 2.06. The minimum absolute atomic E-state index is 0.379. The number of methoxy groups -OCH3 is 1. The molecular weight excluding hydrogens is 380 g/mol. The van der Waals surface area contributed by atoms with Crippen LogP contribution >= 0.6 is 11.3 Å². The van der Waals surface area contributed by atoms with Crippen molar-refractivity contribution in [1.29, 1.82) is 0 Å². The second-order valence-electron chi connectivity index (χ2n) is 6.10. The number of nitrogens with zero attached hydrogens (tertiary/aromatic N) is 8. The SMILES string of the molecule is COC(=O)c1sc2ncn3nc(-c4ccn(Cn5cccn5)n4)nc3c2c1C. The molecule has 0 spiro atoms. The fourth-order valence-electron chi connectivity index (χ4n) is 3.02. The Balaban J connectivity index is 1.58. The highest BCUT2D eigenvalue weighted by molar-refractivity contribution is 7.20. The number of fused-ring (bicyclic) bond motifs is 3. The molecule has 5 aromatic heterocycles. The van der Waals surface area contributed by atoms with Crippen LogP contribution in [0.3, 0.4) is 0 Å². The molecule has 0 saturated carbocycles. The Bertz CT molecular complexity index is 1310. The zero-order chi connectivity index (χ0) is 19.3. The Labute approximate surface area is 162 Å². The van der Waals surface area contributed by atoms with Gasteiger partial charge in [0.25, 0.3) is 0 Å². The van der Waals surface area contributed by atoms with Crippen molar-refractivity contribution in [3.05, 3.63) is 47.5 Å². The van der Waals surface area contributed by atoms with Gasteiger partial charge in [-0.15, -0.1) is 16.4 Å². The molecule has 0 atom stereocenters. The van der Waals surface area contributed by atoms with Crippen molar-refractivity contribution >= 4 is 33.2 Å². The van der Waals surface area contributed by atoms with Gasteiger partial charge in [-0.3, -0.25) is 9.36 Å². The lowest BCUT2D eigenvalue weighted by Gasteiger charge is -2.00. The molecule has 0 aliphatic rings. The number of ether oxygens (including phenoxy) is 1. The van der Waals surface area contributed by atoms with E-state index in [-0.39, 0.29) is 5.97 Å². The van der Waals surface area contributed by atoms with Gasteiger partial charge >= 0.3 is 5.97 Å². The molecule has 11 heteroatoms. The number of hydrogen-bond acceptors (Lipinski definition) is 8. The van der Waals surface area contributed by atoms with Crippen molar-refractivity contribution in [3.8, 4) is 11.5 Å². The number of rotatable bonds is 4. The Morgan fingerprint density at radius 3 is 2.93 bits per heavy atom. The number of hydrogen-bond donors (Lipinski definition) is 0. The smallest absolute Gasteiger partial charge is 0.348 e. The summed E-state index contributed by atoms with van der Waals surface area (Å²) in [5.74, 6) is 0.106. The third-order valence-electron chi connectivity index (χ3n) is 4.36. The van der Waals surface area contributed by atoms with Crippen LogP contribution in [-0.4, -0.2) is 52.2 Å². The summed E-state index contributed by atoms with van der Waals surface area (Å²) in [7, 11) is 1.37. The average Bonchev–Trinajstić information content (AvgIpc) is 3.47. The normalized spacial score (nSPS) is 11.5. The summed E-state index contributed by atoms with van der Waals surface area (Å²) in [4.78, 5) is 22.3. The minimum Gasteiger partial charge on any atom is -0.465 e. The zero-order valence-electron chi connectivity index (χ0n) is 15.0. The minimum atomic E-state index is -0.379. The van der Waals surface area contributed by atoms with E-state index in [2.05, 4.69) is 25.3 Å². The molecule has 10 nitrogen and oxygen atoms in total. The van der Waals surface area contributed by atoms with Crippen molar-refractivity contribution in [2.75, 3.05) is 7.11 Å². The van der Waals surface area contributed by atoms with E-state index in [1.165, 1.54) is 18.4 Å². The maximum Gasteiger partial charge on any atom is 0.348 e. The Hall–Kier alpha value is -3.60. The first kappa shape index (κ1) is 16.6. The molecule has 0 N–H and O–H groups in total. The van der Waals surface area contributed by atoms with Gasteiger partial charge in [-0.1, -0.05) is 0 Å². The van der Waals surface area contributed by atoms with Crippen LogP contribution in [0.5, 0.6) is 0 Å². The molecule has 5 rings (SSSR count). The lowest BCUT2D eigenvalue weighted by atomic mass is 10.2. The van der Waals surface area contributed by atoms with E-state index < -0.39 is 0 Å². The van der Waals surface area contributed by atoms with Crippen LogP contribution in [0.15, 0.2) is 37.1 Å². The van der Waals surface area contributed by atoms with Gasteiger partial charge in [0.05, 0.1) is 12.5 Å². The molecule has 28 heavy (non-hydrogen) atoms. The molecule has 5 heterocycles. The van der Waals surface area contributed by atoms with Crippen LogP contribution in [0.1, 0.15) is 15.2 Å². The van der Waals surface area contributed by atoms with E-state index in [4.69, 9.17) is 4.74 Å². The molecule has 0 fully saturated rings. The van der Waals surface area contributed by atoms with Gasteiger partial charge in [0.15, 0.2) is 5.65 Å². The number of aryl methyl sites for hydroxylation is 1. The third-order valence-corrected chi connectivity index (χ3v) is 5.54. The van der Waals surface area contributed by atoms with Gasteiger partial charge in [0.1, 0.15) is 28.4 Å². The van der Waals surface area contributed by atoms with E-state index in [0.29, 0.717) is 33.5 Å². The lowest BCUT2D eigenvalue weighted by molar-refractivity contribution is 0.0605. The first-order valence-corrected chi connectivity index (χ1v) is 9.20. The van der Waals surface area contributed by atoms with Crippen molar-refractivity contribution in [1.82, 2.24) is 39.1 Å². The van der Waals surface area contributed by atoms with Gasteiger partial charge < -0.3 is 4.74 Å². The summed E-state index contributed by atoms with van der Waals surface area (Å²) in [6.45, 7) is 2.36. The fraction of sp³-hybridized carbons (Fsp3) is 0.176. The number of carbonyl (C=O) groups is 1. The Morgan fingerprint density at radius 1 is 1.25 bits per heavy atom. The Kier molecular flexibility index (Phi) is 3.69. The predicted molar refractivity (Wildman–Crippen MR) is 101 cm³/mol. The largest absolute Gasteiger partial charge is 0.465 e. The van der Waals surface area contributed by atoms with E-state index >= 15 is 0 Å². The maximum atomic E-state index is 12.0. The van der Waals surface area contributed by atoms with Crippen LogP contribution in [0.2, 0.25) is 0 Å². The van der Waals surface area contributed by atoms with Crippen LogP contribution < -0.4 is 0 Å². The van der Waals surface area contributed by atoms with Gasteiger partial charge in [-0.2, -0.15) is 10.2 Å². The number of carbonyl (C=O) groups excluding carboxylic acids is 1. The first-order chi connectivity index (χ1) is 13.6. The molecule has 0 unspecified atom stereocenters. The molecule has 0 aliphatic carbocycles. The molecule has 0 amide bonds. The van der Waals surface area contributed by atoms with Crippen molar-refractivity contribution in [2.24, 2.45) is 0 Å². The van der Waals surface area contributed by atoms with E-state index in [0.717, 1.165) is 10.9 Å². The Morgan fingerprint density at radius 2 is 2.14 bits per heavy atom. The van der Waals surface area contributed by atoms with Crippen molar-refractivity contribution in [3.63, 3.8) is 0 Å². The van der Waals surface area contributed by atoms with Crippen LogP contribution in [0, 0.1) is 6.92 Å². The quantitative estimate of drug-likeness (QED) is 0.429. The first-order valence-electron chi connectivity index (χ1n) is 8.38. The summed E-state index contributed by atoms with van der Waals surface area (Å²) in [6.07, 6.45) is 7.02. The topological polar surface area (TPSA) is 105 Å². The highest BCUT2D eigenvalue weighted by Gasteiger charge is 2.21. The second-order valence-corrected chi connectivity index (χ2v) is 7.10. The molecular formula is C17H14N8O2S. The standard InChI is InChI=1S/C17H14N8O2S/c1-10-12-15-20-14(11-4-7-24(21-11)9-23-6-3-5-19-23)22-25(15)8-18-16(12)28-13(10)17(26)27-2/h3-8H,9H2,1-2H3. The van der Waals surface area contributed by atoms with Crippen LogP contribution in [-0.2, 0) is 11.4 Å². The summed E-state index contributed by atoms with van der Waals surface area (Å²) >= 11 is 1.29. The highest BCUT2D eigenvalue weighted by Crippen LogP contribution is 2.32. The summed E-state index contributed by atoms with van der Waals surface area (Å²) in [5, 5.41) is 14.0. The fourth-order valence-corrected chi connectivity index (χ4v) is 4.08. The van der Waals surface area contributed by atoms with Crippen LogP contribution in [0.4, 0.5) is 0 Å². The van der Waals surface area contributed by atoms with E-state index in [1.54, 1.807) is 26.4 Å². The molecule has 0 aliphatic heterocycles. The van der Waals surface area contributed by atoms with Crippen molar-refractivity contribution in [2.45, 2.75) is 13.6 Å². The third kappa shape index (κ3) is 2.55. The lowest BCUT2D eigenvalue weighted by Crippen LogP contribution is -2.08. The van der Waals surface area contributed by atoms with Gasteiger partial charge in [-0.05, 0) is 24.6 Å². The highest BCUT2D eigenvalue weighted by atomic mass is 32.1. The number of thiophene rings is 1. The molecule has 0 bridgehead atoms. The monoisotopic (exact) mass is 394 g/mol. The van der Waals surface area contributed by atoms with E-state index in [1.807, 2.05) is 31.5 Å². The summed E-state index contributed by atoms with van der Waals surface area (Å²) < 4.78 is 9.99. The van der Waals surface area contributed by atoms with Crippen molar-refractivity contribution < 1.29 is 9.53 Å². The van der Waals surface area contributed by atoms with E-state index in [9.17, 15) is 4.79 Å². The summed E-state index contributed by atoms with van der Waals surface area (Å²) in [6, 6.07) is 3.71. The molecule has 140 valence electrons. The number of esters is 1. The zero-order valence-corrected chi connectivity index (χ0v) is 15.8. The average molecular weight is 394 g/mol. The molecule has 0 aromatic carbocycles. The number of aromatic nitrogens is 8. The van der Waals surface area contributed by atoms with Gasteiger partial charge in [-0.25, -0.2) is 19.3 Å². The van der Waals surface area contributed by atoms with Gasteiger partial charge in [0.2, 0.25) is 5.82 Å². The molecule has 5 aromatic rings. The maximum absolute atomic E-state index is 12.0. The predicted octanol–water partition coefficient (Wildman–Crippen LogP) is 2.00. The van der Waals surface area contributed by atoms with Gasteiger partial charge in [0, 0.05) is 18.6 Å². The molecule has 0 radical (unpaired) electrons.